The predicted molar refractivity (Wildman–Crippen MR) is 75.8 cm³/mol. The number of carbonyl (C=O) groups is 1. The first-order chi connectivity index (χ1) is 9.39. The van der Waals surface area contributed by atoms with Crippen LogP contribution in [0.1, 0.15) is 32.3 Å². The number of carboxylic acid groups (broad SMARTS) is 1. The first kappa shape index (κ1) is 15.0. The predicted octanol–water partition coefficient (Wildman–Crippen LogP) is 3.15. The third-order valence-corrected chi connectivity index (χ3v) is 4.37. The Morgan fingerprint density at radius 1 is 1.50 bits per heavy atom. The van der Waals surface area contributed by atoms with Crippen molar-refractivity contribution in [3.8, 4) is 0 Å². The molecular weight excluding hydrogens is 257 g/mol. The van der Waals surface area contributed by atoms with Crippen molar-refractivity contribution >= 4 is 5.97 Å². The molecule has 0 aromatic heterocycles. The standard InChI is InChI=1S/C16H22FNO2/c1-16(2,15(19)20)13-6-4-8-18(11-13)10-12-5-3-7-14(17)9-12/h3,5,7,9,13H,4,6,8,10-11H2,1-2H3,(H,19,20). The van der Waals surface area contributed by atoms with Gasteiger partial charge in [-0.2, -0.15) is 0 Å². The number of hydrogen-bond acceptors (Lipinski definition) is 2. The second kappa shape index (κ2) is 5.92. The van der Waals surface area contributed by atoms with Crippen LogP contribution < -0.4 is 0 Å². The molecule has 1 atom stereocenters. The lowest BCUT2D eigenvalue weighted by Crippen LogP contribution is -2.44. The fraction of sp³-hybridized carbons (Fsp3) is 0.562. The quantitative estimate of drug-likeness (QED) is 0.920. The molecule has 1 heterocycles. The Bertz CT molecular complexity index is 487. The van der Waals surface area contributed by atoms with Gasteiger partial charge in [0.1, 0.15) is 5.82 Å². The summed E-state index contributed by atoms with van der Waals surface area (Å²) in [6, 6.07) is 6.62. The number of aliphatic carboxylic acids is 1. The summed E-state index contributed by atoms with van der Waals surface area (Å²) in [6.07, 6.45) is 1.94. The van der Waals surface area contributed by atoms with Gasteiger partial charge >= 0.3 is 5.97 Å². The number of rotatable bonds is 4. The van der Waals surface area contributed by atoms with E-state index >= 15 is 0 Å². The van der Waals surface area contributed by atoms with E-state index in [0.29, 0.717) is 6.54 Å². The summed E-state index contributed by atoms with van der Waals surface area (Å²) in [5, 5.41) is 9.34. The lowest BCUT2D eigenvalue weighted by atomic mass is 9.74. The minimum Gasteiger partial charge on any atom is -0.481 e. The topological polar surface area (TPSA) is 40.5 Å². The van der Waals surface area contributed by atoms with Crippen LogP contribution in [0.3, 0.4) is 0 Å². The molecule has 0 spiro atoms. The zero-order valence-corrected chi connectivity index (χ0v) is 12.1. The van der Waals surface area contributed by atoms with E-state index in [-0.39, 0.29) is 11.7 Å². The molecule has 0 amide bonds. The number of piperidine rings is 1. The van der Waals surface area contributed by atoms with Gasteiger partial charge in [0.05, 0.1) is 5.41 Å². The molecule has 0 bridgehead atoms. The van der Waals surface area contributed by atoms with Crippen molar-refractivity contribution in [2.45, 2.75) is 33.2 Å². The molecule has 0 saturated carbocycles. The van der Waals surface area contributed by atoms with Gasteiger partial charge in [0.25, 0.3) is 0 Å². The molecule has 1 fully saturated rings. The van der Waals surface area contributed by atoms with E-state index in [2.05, 4.69) is 4.90 Å². The van der Waals surface area contributed by atoms with Crippen molar-refractivity contribution in [1.82, 2.24) is 4.90 Å². The van der Waals surface area contributed by atoms with E-state index in [1.165, 1.54) is 6.07 Å². The van der Waals surface area contributed by atoms with Gasteiger partial charge in [-0.3, -0.25) is 9.69 Å². The highest BCUT2D eigenvalue weighted by atomic mass is 19.1. The Balaban J connectivity index is 2.02. The highest BCUT2D eigenvalue weighted by molar-refractivity contribution is 5.74. The summed E-state index contributed by atoms with van der Waals surface area (Å²) in [7, 11) is 0. The summed E-state index contributed by atoms with van der Waals surface area (Å²) in [5.41, 5.74) is 0.236. The summed E-state index contributed by atoms with van der Waals surface area (Å²) >= 11 is 0. The lowest BCUT2D eigenvalue weighted by molar-refractivity contribution is -0.151. The fourth-order valence-corrected chi connectivity index (χ4v) is 2.86. The molecule has 1 aromatic carbocycles. The van der Waals surface area contributed by atoms with Gasteiger partial charge in [-0.1, -0.05) is 12.1 Å². The number of likely N-dealkylation sites (tertiary alicyclic amines) is 1. The lowest BCUT2D eigenvalue weighted by Gasteiger charge is -2.39. The van der Waals surface area contributed by atoms with Crippen molar-refractivity contribution in [2.75, 3.05) is 13.1 Å². The molecule has 4 heteroatoms. The van der Waals surface area contributed by atoms with Gasteiger partial charge in [0.15, 0.2) is 0 Å². The zero-order valence-electron chi connectivity index (χ0n) is 12.1. The Morgan fingerprint density at radius 3 is 2.90 bits per heavy atom. The molecular formula is C16H22FNO2. The average Bonchev–Trinajstić information content (AvgIpc) is 2.39. The summed E-state index contributed by atoms with van der Waals surface area (Å²) < 4.78 is 13.2. The van der Waals surface area contributed by atoms with Crippen LogP contribution in [0.2, 0.25) is 0 Å². The van der Waals surface area contributed by atoms with Gasteiger partial charge < -0.3 is 5.11 Å². The van der Waals surface area contributed by atoms with Gasteiger partial charge in [-0.25, -0.2) is 4.39 Å². The molecule has 1 N–H and O–H groups in total. The van der Waals surface area contributed by atoms with Crippen molar-refractivity contribution in [2.24, 2.45) is 11.3 Å². The molecule has 0 aliphatic carbocycles. The third-order valence-electron chi connectivity index (χ3n) is 4.37. The van der Waals surface area contributed by atoms with E-state index in [1.54, 1.807) is 26.0 Å². The Kier molecular flexibility index (Phi) is 4.43. The van der Waals surface area contributed by atoms with Crippen LogP contribution in [0, 0.1) is 17.2 Å². The van der Waals surface area contributed by atoms with Crippen LogP contribution in [0.4, 0.5) is 4.39 Å². The monoisotopic (exact) mass is 279 g/mol. The Hall–Kier alpha value is -1.42. The SMILES string of the molecule is CC(C)(C(=O)O)C1CCCN(Cc2cccc(F)c2)C1. The van der Waals surface area contributed by atoms with Crippen molar-refractivity contribution in [1.29, 1.82) is 0 Å². The van der Waals surface area contributed by atoms with Gasteiger partial charge in [-0.15, -0.1) is 0 Å². The molecule has 1 aliphatic rings. The fourth-order valence-electron chi connectivity index (χ4n) is 2.86. The maximum Gasteiger partial charge on any atom is 0.309 e. The molecule has 1 unspecified atom stereocenters. The van der Waals surface area contributed by atoms with E-state index in [4.69, 9.17) is 0 Å². The maximum absolute atomic E-state index is 13.2. The van der Waals surface area contributed by atoms with E-state index in [0.717, 1.165) is 31.5 Å². The van der Waals surface area contributed by atoms with Crippen LogP contribution in [0.5, 0.6) is 0 Å². The summed E-state index contributed by atoms with van der Waals surface area (Å²) in [5.74, 6) is -0.820. The Morgan fingerprint density at radius 2 is 2.25 bits per heavy atom. The normalized spacial score (nSPS) is 20.9. The van der Waals surface area contributed by atoms with Crippen LogP contribution >= 0.6 is 0 Å². The average molecular weight is 279 g/mol. The van der Waals surface area contributed by atoms with E-state index in [9.17, 15) is 14.3 Å². The van der Waals surface area contributed by atoms with Crippen LogP contribution in [0.25, 0.3) is 0 Å². The maximum atomic E-state index is 13.2. The number of carboxylic acids is 1. The number of benzene rings is 1. The molecule has 20 heavy (non-hydrogen) atoms. The molecule has 1 aromatic rings. The summed E-state index contributed by atoms with van der Waals surface area (Å²) in [6.45, 7) is 5.99. The second-order valence-electron chi connectivity index (χ2n) is 6.23. The first-order valence-corrected chi connectivity index (χ1v) is 7.10. The molecule has 1 saturated heterocycles. The van der Waals surface area contributed by atoms with Crippen molar-refractivity contribution in [3.05, 3.63) is 35.6 Å². The Labute approximate surface area is 119 Å². The van der Waals surface area contributed by atoms with Crippen LogP contribution in [0.15, 0.2) is 24.3 Å². The number of halogens is 1. The number of hydrogen-bond donors (Lipinski definition) is 1. The molecule has 0 radical (unpaired) electrons. The highest BCUT2D eigenvalue weighted by Crippen LogP contribution is 2.34. The molecule has 110 valence electrons. The molecule has 2 rings (SSSR count). The minimum absolute atomic E-state index is 0.141. The largest absolute Gasteiger partial charge is 0.481 e. The minimum atomic E-state index is -0.741. The van der Waals surface area contributed by atoms with Crippen LogP contribution in [-0.2, 0) is 11.3 Å². The third kappa shape index (κ3) is 3.37. The summed E-state index contributed by atoms with van der Waals surface area (Å²) in [4.78, 5) is 13.6. The zero-order chi connectivity index (χ0) is 14.8. The molecule has 3 nitrogen and oxygen atoms in total. The first-order valence-electron chi connectivity index (χ1n) is 7.10. The van der Waals surface area contributed by atoms with E-state index in [1.807, 2.05) is 6.07 Å². The van der Waals surface area contributed by atoms with Crippen LogP contribution in [-0.4, -0.2) is 29.1 Å². The van der Waals surface area contributed by atoms with Crippen molar-refractivity contribution < 1.29 is 14.3 Å². The highest BCUT2D eigenvalue weighted by Gasteiger charge is 2.38. The number of nitrogens with zero attached hydrogens (tertiary/aromatic N) is 1. The molecule has 1 aliphatic heterocycles. The van der Waals surface area contributed by atoms with Gasteiger partial charge in [0, 0.05) is 13.1 Å². The second-order valence-corrected chi connectivity index (χ2v) is 6.23. The van der Waals surface area contributed by atoms with Crippen molar-refractivity contribution in [3.63, 3.8) is 0 Å². The smallest absolute Gasteiger partial charge is 0.309 e. The van der Waals surface area contributed by atoms with Gasteiger partial charge in [0.2, 0.25) is 0 Å². The van der Waals surface area contributed by atoms with E-state index < -0.39 is 11.4 Å². The van der Waals surface area contributed by atoms with Gasteiger partial charge in [-0.05, 0) is 56.8 Å².